The molecule has 1 aliphatic carbocycles. The van der Waals surface area contributed by atoms with Crippen molar-refractivity contribution in [2.75, 3.05) is 19.8 Å². The fourth-order valence-corrected chi connectivity index (χ4v) is 2.10. The van der Waals surface area contributed by atoms with Crippen LogP contribution in [0.4, 0.5) is 0 Å². The monoisotopic (exact) mass is 230 g/mol. The van der Waals surface area contributed by atoms with Gasteiger partial charge in [0.2, 0.25) is 0 Å². The number of ether oxygens (including phenoxy) is 2. The summed E-state index contributed by atoms with van der Waals surface area (Å²) in [5.41, 5.74) is -0.0784. The normalized spacial score (nSPS) is 26.2. The molecular formula is C13H26O3. The summed E-state index contributed by atoms with van der Waals surface area (Å²) in [6, 6.07) is 0. The van der Waals surface area contributed by atoms with Crippen molar-refractivity contribution in [3.8, 4) is 0 Å². The highest BCUT2D eigenvalue weighted by molar-refractivity contribution is 4.76. The quantitative estimate of drug-likeness (QED) is 0.712. The lowest BCUT2D eigenvalue weighted by Crippen LogP contribution is -2.22. The zero-order chi connectivity index (χ0) is 12.0. The first-order chi connectivity index (χ1) is 7.49. The number of hydrogen-bond donors (Lipinski definition) is 1. The number of aliphatic hydroxyl groups excluding tert-OH is 1. The molecule has 0 aliphatic heterocycles. The predicted octanol–water partition coefficient (Wildman–Crippen LogP) is 2.37. The summed E-state index contributed by atoms with van der Waals surface area (Å²) in [6.07, 6.45) is 4.19. The molecule has 2 unspecified atom stereocenters. The Morgan fingerprint density at radius 2 is 1.88 bits per heavy atom. The summed E-state index contributed by atoms with van der Waals surface area (Å²) in [7, 11) is 0. The fraction of sp³-hybridized carbons (Fsp3) is 1.00. The van der Waals surface area contributed by atoms with E-state index < -0.39 is 0 Å². The van der Waals surface area contributed by atoms with Gasteiger partial charge in [0.05, 0.1) is 24.9 Å². The van der Waals surface area contributed by atoms with Gasteiger partial charge in [-0.2, -0.15) is 0 Å². The van der Waals surface area contributed by atoms with E-state index in [-0.39, 0.29) is 11.7 Å². The van der Waals surface area contributed by atoms with E-state index in [1.54, 1.807) is 0 Å². The van der Waals surface area contributed by atoms with Crippen molar-refractivity contribution in [1.29, 1.82) is 0 Å². The molecule has 3 nitrogen and oxygen atoms in total. The third-order valence-corrected chi connectivity index (χ3v) is 3.01. The molecule has 0 aromatic carbocycles. The van der Waals surface area contributed by atoms with Gasteiger partial charge in [-0.1, -0.05) is 6.42 Å². The van der Waals surface area contributed by atoms with Crippen LogP contribution in [0.2, 0.25) is 0 Å². The lowest BCUT2D eigenvalue weighted by molar-refractivity contribution is -0.0373. The molecule has 16 heavy (non-hydrogen) atoms. The Balaban J connectivity index is 1.92. The first-order valence-electron chi connectivity index (χ1n) is 6.39. The van der Waals surface area contributed by atoms with Gasteiger partial charge in [-0.15, -0.1) is 0 Å². The Morgan fingerprint density at radius 1 is 1.12 bits per heavy atom. The highest BCUT2D eigenvalue weighted by Crippen LogP contribution is 2.27. The maximum absolute atomic E-state index is 9.62. The van der Waals surface area contributed by atoms with E-state index in [4.69, 9.17) is 9.47 Å². The Hall–Kier alpha value is -0.120. The van der Waals surface area contributed by atoms with Gasteiger partial charge in [0, 0.05) is 6.61 Å². The first-order valence-corrected chi connectivity index (χ1v) is 6.39. The van der Waals surface area contributed by atoms with Crippen molar-refractivity contribution in [2.24, 2.45) is 5.92 Å². The van der Waals surface area contributed by atoms with Crippen molar-refractivity contribution in [1.82, 2.24) is 0 Å². The van der Waals surface area contributed by atoms with Crippen molar-refractivity contribution in [3.05, 3.63) is 0 Å². The van der Waals surface area contributed by atoms with Crippen molar-refractivity contribution in [2.45, 2.75) is 58.2 Å². The van der Waals surface area contributed by atoms with Gasteiger partial charge >= 0.3 is 0 Å². The second-order valence-electron chi connectivity index (χ2n) is 5.62. The third-order valence-electron chi connectivity index (χ3n) is 3.01. The molecule has 1 saturated carbocycles. The summed E-state index contributed by atoms with van der Waals surface area (Å²) in [6.45, 7) is 8.18. The fourth-order valence-electron chi connectivity index (χ4n) is 2.10. The van der Waals surface area contributed by atoms with Crippen molar-refractivity contribution >= 4 is 0 Å². The molecule has 1 rings (SSSR count). The van der Waals surface area contributed by atoms with Crippen LogP contribution < -0.4 is 0 Å². The number of hydrogen-bond acceptors (Lipinski definition) is 3. The van der Waals surface area contributed by atoms with E-state index in [2.05, 4.69) is 0 Å². The molecule has 0 saturated heterocycles. The maximum atomic E-state index is 9.62. The molecule has 3 heteroatoms. The van der Waals surface area contributed by atoms with Crippen LogP contribution in [-0.4, -0.2) is 36.6 Å². The van der Waals surface area contributed by atoms with Gasteiger partial charge in [-0.25, -0.2) is 0 Å². The topological polar surface area (TPSA) is 38.7 Å². The molecule has 0 heterocycles. The second-order valence-corrected chi connectivity index (χ2v) is 5.62. The van der Waals surface area contributed by atoms with Crippen LogP contribution in [-0.2, 0) is 9.47 Å². The van der Waals surface area contributed by atoms with Crippen molar-refractivity contribution in [3.63, 3.8) is 0 Å². The van der Waals surface area contributed by atoms with E-state index in [9.17, 15) is 5.11 Å². The Kier molecular flexibility index (Phi) is 5.73. The molecule has 1 N–H and O–H groups in total. The summed E-state index contributed by atoms with van der Waals surface area (Å²) in [4.78, 5) is 0. The highest BCUT2D eigenvalue weighted by Gasteiger charge is 2.24. The van der Waals surface area contributed by atoms with E-state index >= 15 is 0 Å². The van der Waals surface area contributed by atoms with E-state index in [0.717, 1.165) is 25.9 Å². The largest absolute Gasteiger partial charge is 0.393 e. The molecule has 96 valence electrons. The summed E-state index contributed by atoms with van der Waals surface area (Å²) in [5, 5.41) is 9.62. The van der Waals surface area contributed by atoms with Crippen LogP contribution in [0.5, 0.6) is 0 Å². The molecular weight excluding hydrogens is 204 g/mol. The van der Waals surface area contributed by atoms with Crippen LogP contribution in [0, 0.1) is 5.92 Å². The summed E-state index contributed by atoms with van der Waals surface area (Å²) >= 11 is 0. The van der Waals surface area contributed by atoms with Crippen LogP contribution in [0.15, 0.2) is 0 Å². The zero-order valence-electron chi connectivity index (χ0n) is 10.9. The Bertz CT molecular complexity index is 186. The highest BCUT2D eigenvalue weighted by atomic mass is 16.5. The molecule has 1 aliphatic rings. The first kappa shape index (κ1) is 13.9. The smallest absolute Gasteiger partial charge is 0.0707 e. The van der Waals surface area contributed by atoms with Crippen LogP contribution in [0.1, 0.15) is 46.5 Å². The molecule has 0 aromatic heterocycles. The molecule has 1 fully saturated rings. The van der Waals surface area contributed by atoms with Gasteiger partial charge < -0.3 is 14.6 Å². The van der Waals surface area contributed by atoms with Crippen LogP contribution in [0.3, 0.4) is 0 Å². The lowest BCUT2D eigenvalue weighted by Gasteiger charge is -2.19. The predicted molar refractivity (Wildman–Crippen MR) is 64.5 cm³/mol. The van der Waals surface area contributed by atoms with E-state index in [0.29, 0.717) is 19.1 Å². The average Bonchev–Trinajstić information content (AvgIpc) is 2.56. The van der Waals surface area contributed by atoms with Gasteiger partial charge in [-0.05, 0) is 46.0 Å². The lowest BCUT2D eigenvalue weighted by atomic mass is 10.0. The van der Waals surface area contributed by atoms with Crippen LogP contribution >= 0.6 is 0 Å². The van der Waals surface area contributed by atoms with Gasteiger partial charge in [0.1, 0.15) is 0 Å². The minimum Gasteiger partial charge on any atom is -0.393 e. The summed E-state index contributed by atoms with van der Waals surface area (Å²) < 4.78 is 11.1. The Morgan fingerprint density at radius 3 is 2.44 bits per heavy atom. The van der Waals surface area contributed by atoms with E-state index in [1.165, 1.54) is 6.42 Å². The number of rotatable bonds is 6. The van der Waals surface area contributed by atoms with Gasteiger partial charge in [0.15, 0.2) is 0 Å². The van der Waals surface area contributed by atoms with E-state index in [1.807, 2.05) is 20.8 Å². The SMILES string of the molecule is CC(C)(C)OCCOCCC1CCCC1O. The molecule has 2 atom stereocenters. The number of aliphatic hydroxyl groups is 1. The standard InChI is InChI=1S/C13H26O3/c1-13(2,3)16-10-9-15-8-7-11-5-4-6-12(11)14/h11-12,14H,4-10H2,1-3H3. The second kappa shape index (κ2) is 6.58. The summed E-state index contributed by atoms with van der Waals surface area (Å²) in [5.74, 6) is 0.462. The maximum Gasteiger partial charge on any atom is 0.0707 e. The van der Waals surface area contributed by atoms with Crippen LogP contribution in [0.25, 0.3) is 0 Å². The third kappa shape index (κ3) is 5.83. The molecule has 0 radical (unpaired) electrons. The molecule has 0 bridgehead atoms. The zero-order valence-corrected chi connectivity index (χ0v) is 10.9. The van der Waals surface area contributed by atoms with Gasteiger partial charge in [0.25, 0.3) is 0 Å². The molecule has 0 amide bonds. The molecule has 0 spiro atoms. The van der Waals surface area contributed by atoms with Gasteiger partial charge in [-0.3, -0.25) is 0 Å². The average molecular weight is 230 g/mol. The minimum atomic E-state index is -0.0885. The minimum absolute atomic E-state index is 0.0784. The molecule has 0 aromatic rings. The Labute approximate surface area is 99.1 Å². The van der Waals surface area contributed by atoms with Crippen molar-refractivity contribution < 1.29 is 14.6 Å².